The minimum Gasteiger partial charge on any atom is -0.290 e. The molecule has 2 rings (SSSR count). The van der Waals surface area contributed by atoms with E-state index in [0.717, 1.165) is 27.6 Å². The van der Waals surface area contributed by atoms with Crippen LogP contribution in [0.3, 0.4) is 0 Å². The first-order chi connectivity index (χ1) is 11.1. The predicted molar refractivity (Wildman–Crippen MR) is 101 cm³/mol. The second-order valence-corrected chi connectivity index (χ2v) is 6.97. The van der Waals surface area contributed by atoms with Crippen molar-refractivity contribution in [1.82, 2.24) is 0 Å². The highest BCUT2D eigenvalue weighted by Gasteiger charge is 2.18. The number of benzene rings is 1. The minimum absolute atomic E-state index is 0.0731. The van der Waals surface area contributed by atoms with E-state index in [-0.39, 0.29) is 5.78 Å². The fraction of sp³-hybridized carbons (Fsp3) is 0.400. The van der Waals surface area contributed by atoms with Crippen LogP contribution in [-0.4, -0.2) is 11.5 Å². The molecule has 1 heterocycles. The van der Waals surface area contributed by atoms with E-state index < -0.39 is 0 Å². The van der Waals surface area contributed by atoms with Gasteiger partial charge in [0.05, 0.1) is 11.4 Å². The van der Waals surface area contributed by atoms with Crippen LogP contribution in [0.15, 0.2) is 51.7 Å². The Morgan fingerprint density at radius 3 is 2.83 bits per heavy atom. The highest BCUT2D eigenvalue weighted by atomic mass is 32.2. The smallest absolute Gasteiger partial charge is 0.179 e. The van der Waals surface area contributed by atoms with Crippen molar-refractivity contribution in [2.45, 2.75) is 57.3 Å². The summed E-state index contributed by atoms with van der Waals surface area (Å²) in [6.07, 6.45) is 7.85. The summed E-state index contributed by atoms with van der Waals surface area (Å²) in [5, 5.41) is 0. The van der Waals surface area contributed by atoms with E-state index in [1.807, 2.05) is 6.92 Å². The lowest BCUT2D eigenvalue weighted by Crippen LogP contribution is -2.03. The number of rotatable bonds is 7. The van der Waals surface area contributed by atoms with Crippen molar-refractivity contribution >= 4 is 28.9 Å². The standard InChI is InChI=1S/C20H25NOS/c1-5-8-9-15(6-2)16-10-11-18-20(12-16)23-19(14(4)21-18)13-17(22)7-3/h7,10-13,15H,3,5-6,8-9H2,1-2,4H3/b19-13+. The number of allylic oxidation sites excluding steroid dienone is 3. The summed E-state index contributed by atoms with van der Waals surface area (Å²) in [6.45, 7) is 9.97. The summed E-state index contributed by atoms with van der Waals surface area (Å²) in [6, 6.07) is 6.58. The molecule has 23 heavy (non-hydrogen) atoms. The minimum atomic E-state index is -0.0731. The molecule has 0 aliphatic carbocycles. The molecule has 1 unspecified atom stereocenters. The number of thioether (sulfide) groups is 1. The first-order valence-electron chi connectivity index (χ1n) is 8.34. The summed E-state index contributed by atoms with van der Waals surface area (Å²) in [5.41, 5.74) is 3.28. The zero-order valence-electron chi connectivity index (χ0n) is 14.3. The molecule has 122 valence electrons. The fourth-order valence-corrected chi connectivity index (χ4v) is 3.78. The fourth-order valence-electron chi connectivity index (χ4n) is 2.77. The Morgan fingerprint density at radius 1 is 1.39 bits per heavy atom. The predicted octanol–water partition coefficient (Wildman–Crippen LogP) is 6.21. The summed E-state index contributed by atoms with van der Waals surface area (Å²) in [5.74, 6) is 0.533. The van der Waals surface area contributed by atoms with E-state index in [9.17, 15) is 4.79 Å². The second kappa shape index (κ2) is 8.30. The average molecular weight is 327 g/mol. The number of nitrogens with zero attached hydrogens (tertiary/aromatic N) is 1. The average Bonchev–Trinajstić information content (AvgIpc) is 2.56. The molecule has 0 fully saturated rings. The largest absolute Gasteiger partial charge is 0.290 e. The monoisotopic (exact) mass is 327 g/mol. The number of carbonyl (C=O) groups excluding carboxylic acids is 1. The van der Waals surface area contributed by atoms with Crippen LogP contribution in [0.4, 0.5) is 5.69 Å². The van der Waals surface area contributed by atoms with Crippen LogP contribution in [0, 0.1) is 0 Å². The number of aliphatic imine (C=N–C) groups is 1. The molecule has 0 aromatic heterocycles. The highest BCUT2D eigenvalue weighted by molar-refractivity contribution is 8.04. The molecule has 0 radical (unpaired) electrons. The molecule has 1 aromatic rings. The number of fused-ring (bicyclic) bond motifs is 1. The molecule has 0 saturated heterocycles. The number of hydrogen-bond donors (Lipinski definition) is 0. The van der Waals surface area contributed by atoms with E-state index in [2.05, 4.69) is 43.6 Å². The van der Waals surface area contributed by atoms with Gasteiger partial charge in [0.2, 0.25) is 0 Å². The Labute approximate surface area is 143 Å². The molecule has 0 N–H and O–H groups in total. The van der Waals surface area contributed by atoms with Gasteiger partial charge in [0.1, 0.15) is 0 Å². The van der Waals surface area contributed by atoms with Crippen molar-refractivity contribution in [1.29, 1.82) is 0 Å². The van der Waals surface area contributed by atoms with Gasteiger partial charge in [-0.15, -0.1) is 0 Å². The Kier molecular flexibility index (Phi) is 6.40. The van der Waals surface area contributed by atoms with Gasteiger partial charge in [0.25, 0.3) is 0 Å². The zero-order valence-corrected chi connectivity index (χ0v) is 15.1. The van der Waals surface area contributed by atoms with Crippen molar-refractivity contribution in [2.75, 3.05) is 0 Å². The van der Waals surface area contributed by atoms with Crippen LogP contribution in [0.1, 0.15) is 57.9 Å². The van der Waals surface area contributed by atoms with E-state index in [4.69, 9.17) is 0 Å². The summed E-state index contributed by atoms with van der Waals surface area (Å²) in [4.78, 5) is 18.3. The third-order valence-electron chi connectivity index (χ3n) is 4.19. The van der Waals surface area contributed by atoms with Gasteiger partial charge >= 0.3 is 0 Å². The van der Waals surface area contributed by atoms with Crippen LogP contribution >= 0.6 is 11.8 Å². The van der Waals surface area contributed by atoms with Crippen molar-refractivity contribution in [3.05, 3.63) is 47.4 Å². The van der Waals surface area contributed by atoms with E-state index in [1.165, 1.54) is 30.9 Å². The van der Waals surface area contributed by atoms with Crippen molar-refractivity contribution in [3.63, 3.8) is 0 Å². The topological polar surface area (TPSA) is 29.4 Å². The molecule has 0 bridgehead atoms. The lowest BCUT2D eigenvalue weighted by atomic mass is 9.91. The molecular weight excluding hydrogens is 302 g/mol. The molecule has 0 spiro atoms. The summed E-state index contributed by atoms with van der Waals surface area (Å²) >= 11 is 1.64. The SMILES string of the molecule is C=CC(=O)/C=C1/Sc2cc(C(CC)CCCC)ccc2N=C1C. The van der Waals surface area contributed by atoms with Gasteiger partial charge in [0, 0.05) is 15.9 Å². The second-order valence-electron chi connectivity index (χ2n) is 5.89. The van der Waals surface area contributed by atoms with E-state index in [1.54, 1.807) is 17.8 Å². The number of ketones is 1. The maximum absolute atomic E-state index is 11.6. The van der Waals surface area contributed by atoms with E-state index in [0.29, 0.717) is 5.92 Å². The maximum atomic E-state index is 11.6. The van der Waals surface area contributed by atoms with Crippen LogP contribution in [-0.2, 0) is 4.79 Å². The number of carbonyl (C=O) groups is 1. The maximum Gasteiger partial charge on any atom is 0.179 e. The molecule has 3 heteroatoms. The lowest BCUT2D eigenvalue weighted by Gasteiger charge is -2.20. The van der Waals surface area contributed by atoms with Gasteiger partial charge in [-0.2, -0.15) is 0 Å². The normalized spacial score (nSPS) is 16.7. The molecule has 1 aliphatic heterocycles. The molecule has 0 saturated carbocycles. The van der Waals surface area contributed by atoms with Crippen LogP contribution in [0.25, 0.3) is 0 Å². The Balaban J connectivity index is 2.30. The van der Waals surface area contributed by atoms with Crippen molar-refractivity contribution in [2.24, 2.45) is 4.99 Å². The number of unbranched alkanes of at least 4 members (excludes halogenated alkanes) is 1. The van der Waals surface area contributed by atoms with Gasteiger partial charge in [-0.1, -0.05) is 51.1 Å². The first-order valence-corrected chi connectivity index (χ1v) is 9.16. The molecule has 1 aromatic carbocycles. The molecule has 1 aliphatic rings. The molecule has 1 atom stereocenters. The third-order valence-corrected chi connectivity index (χ3v) is 5.37. The van der Waals surface area contributed by atoms with Crippen molar-refractivity contribution < 1.29 is 4.79 Å². The van der Waals surface area contributed by atoms with Crippen molar-refractivity contribution in [3.8, 4) is 0 Å². The summed E-state index contributed by atoms with van der Waals surface area (Å²) < 4.78 is 0. The quantitative estimate of drug-likeness (QED) is 0.557. The Hall–Kier alpha value is -1.61. The van der Waals surface area contributed by atoms with Gasteiger partial charge in [-0.25, -0.2) is 0 Å². The van der Waals surface area contributed by atoms with Crippen LogP contribution < -0.4 is 0 Å². The van der Waals surface area contributed by atoms with Crippen LogP contribution in [0.5, 0.6) is 0 Å². The number of hydrogen-bond acceptors (Lipinski definition) is 3. The Morgan fingerprint density at radius 2 is 2.17 bits per heavy atom. The van der Waals surface area contributed by atoms with Crippen LogP contribution in [0.2, 0.25) is 0 Å². The Bertz CT molecular complexity index is 658. The zero-order chi connectivity index (χ0) is 16.8. The van der Waals surface area contributed by atoms with Gasteiger partial charge in [-0.05, 0) is 49.5 Å². The summed E-state index contributed by atoms with van der Waals surface area (Å²) in [7, 11) is 0. The third kappa shape index (κ3) is 4.44. The molecule has 0 amide bonds. The van der Waals surface area contributed by atoms with Gasteiger partial charge in [-0.3, -0.25) is 9.79 Å². The van der Waals surface area contributed by atoms with Gasteiger partial charge in [0.15, 0.2) is 5.78 Å². The van der Waals surface area contributed by atoms with E-state index >= 15 is 0 Å². The molecule has 2 nitrogen and oxygen atoms in total. The highest BCUT2D eigenvalue weighted by Crippen LogP contribution is 2.42. The molecular formula is C20H25NOS. The lowest BCUT2D eigenvalue weighted by molar-refractivity contribution is -0.110. The first kappa shape index (κ1) is 17.7. The van der Waals surface area contributed by atoms with Gasteiger partial charge < -0.3 is 0 Å².